The smallest absolute Gasteiger partial charge is 0.148 e. The number of carbonyl (C=O) groups is 1. The van der Waals surface area contributed by atoms with E-state index in [0.717, 1.165) is 0 Å². The Balaban J connectivity index is 2.59. The molecular weight excluding hydrogens is 204 g/mol. The van der Waals surface area contributed by atoms with E-state index in [0.29, 0.717) is 11.5 Å². The highest BCUT2D eigenvalue weighted by Gasteiger charge is 2.20. The van der Waals surface area contributed by atoms with Crippen molar-refractivity contribution in [2.75, 3.05) is 5.75 Å². The molecule has 0 bridgehead atoms. The van der Waals surface area contributed by atoms with Gasteiger partial charge >= 0.3 is 0 Å². The van der Waals surface area contributed by atoms with Crippen molar-refractivity contribution in [3.63, 3.8) is 0 Å². The molecule has 1 aromatic carbocycles. The van der Waals surface area contributed by atoms with E-state index < -0.39 is 0 Å². The van der Waals surface area contributed by atoms with E-state index in [2.05, 4.69) is 19.1 Å². The number of hydrogen-bond donors (Lipinski definition) is 0. The molecule has 15 heavy (non-hydrogen) atoms. The third-order valence-corrected chi connectivity index (χ3v) is 3.46. The Hall–Kier alpha value is -0.760. The first kappa shape index (κ1) is 12.3. The number of thioether (sulfide) groups is 1. The number of Topliss-reactive ketones (excluding diaryl/α,β-unsaturated/α-hetero) is 1. The molecule has 0 aliphatic heterocycles. The van der Waals surface area contributed by atoms with Crippen LogP contribution in [0.25, 0.3) is 0 Å². The molecule has 1 rings (SSSR count). The zero-order valence-corrected chi connectivity index (χ0v) is 10.6. The Morgan fingerprint density at radius 1 is 1.27 bits per heavy atom. The van der Waals surface area contributed by atoms with Crippen molar-refractivity contribution in [1.29, 1.82) is 0 Å². The summed E-state index contributed by atoms with van der Waals surface area (Å²) in [6.45, 7) is 7.97. The lowest BCUT2D eigenvalue weighted by molar-refractivity contribution is -0.123. The van der Waals surface area contributed by atoms with Crippen LogP contribution in [0.2, 0.25) is 0 Å². The second-order valence-corrected chi connectivity index (χ2v) is 5.74. The Bertz CT molecular complexity index is 350. The van der Waals surface area contributed by atoms with Crippen molar-refractivity contribution in [3.05, 3.63) is 29.8 Å². The Morgan fingerprint density at radius 2 is 1.87 bits per heavy atom. The average Bonchev–Trinajstić information content (AvgIpc) is 2.14. The lowest BCUT2D eigenvalue weighted by Gasteiger charge is -2.16. The summed E-state index contributed by atoms with van der Waals surface area (Å²) >= 11 is 1.63. The van der Waals surface area contributed by atoms with Gasteiger partial charge in [0, 0.05) is 10.3 Å². The molecule has 0 aliphatic carbocycles. The van der Waals surface area contributed by atoms with Gasteiger partial charge in [0.05, 0.1) is 5.75 Å². The van der Waals surface area contributed by atoms with Gasteiger partial charge in [0.2, 0.25) is 0 Å². The molecule has 0 aliphatic rings. The van der Waals surface area contributed by atoms with Crippen LogP contribution >= 0.6 is 11.8 Å². The Morgan fingerprint density at radius 3 is 2.40 bits per heavy atom. The monoisotopic (exact) mass is 222 g/mol. The SMILES string of the molecule is Cc1ccccc1SCC(=O)C(C)(C)C. The van der Waals surface area contributed by atoms with Gasteiger partial charge in [0.25, 0.3) is 0 Å². The maximum absolute atomic E-state index is 11.7. The van der Waals surface area contributed by atoms with Crippen LogP contribution < -0.4 is 0 Å². The number of ketones is 1. The molecule has 0 amide bonds. The summed E-state index contributed by atoms with van der Waals surface area (Å²) < 4.78 is 0. The second kappa shape index (κ2) is 4.84. The highest BCUT2D eigenvalue weighted by Crippen LogP contribution is 2.25. The average molecular weight is 222 g/mol. The molecule has 0 N–H and O–H groups in total. The van der Waals surface area contributed by atoms with Crippen LogP contribution in [0, 0.1) is 12.3 Å². The van der Waals surface area contributed by atoms with Gasteiger partial charge in [-0.3, -0.25) is 4.79 Å². The van der Waals surface area contributed by atoms with E-state index in [4.69, 9.17) is 0 Å². The molecule has 0 aromatic heterocycles. The first-order chi connectivity index (χ1) is 6.91. The first-order valence-corrected chi connectivity index (χ1v) is 6.11. The molecule has 0 fully saturated rings. The van der Waals surface area contributed by atoms with E-state index in [-0.39, 0.29) is 5.41 Å². The van der Waals surface area contributed by atoms with Gasteiger partial charge in [0.1, 0.15) is 5.78 Å². The van der Waals surface area contributed by atoms with Gasteiger partial charge in [-0.25, -0.2) is 0 Å². The quantitative estimate of drug-likeness (QED) is 0.725. The fourth-order valence-corrected chi connectivity index (χ4v) is 2.27. The second-order valence-electron chi connectivity index (χ2n) is 4.73. The molecule has 0 saturated carbocycles. The van der Waals surface area contributed by atoms with Crippen LogP contribution in [0.15, 0.2) is 29.2 Å². The van der Waals surface area contributed by atoms with Gasteiger partial charge in [-0.1, -0.05) is 39.0 Å². The molecular formula is C13H18OS. The summed E-state index contributed by atoms with van der Waals surface area (Å²) in [4.78, 5) is 12.9. The third-order valence-electron chi connectivity index (χ3n) is 2.29. The van der Waals surface area contributed by atoms with Crippen LogP contribution in [-0.4, -0.2) is 11.5 Å². The van der Waals surface area contributed by atoms with Crippen molar-refractivity contribution in [2.45, 2.75) is 32.6 Å². The molecule has 1 aromatic rings. The molecule has 82 valence electrons. The lowest BCUT2D eigenvalue weighted by Crippen LogP contribution is -2.21. The van der Waals surface area contributed by atoms with Crippen LogP contribution in [-0.2, 0) is 4.79 Å². The maximum Gasteiger partial charge on any atom is 0.148 e. The molecule has 0 unspecified atom stereocenters. The number of carbonyl (C=O) groups excluding carboxylic acids is 1. The summed E-state index contributed by atoms with van der Waals surface area (Å²) in [5.74, 6) is 0.865. The van der Waals surface area contributed by atoms with Crippen molar-refractivity contribution in [1.82, 2.24) is 0 Å². The minimum Gasteiger partial charge on any atom is -0.298 e. The van der Waals surface area contributed by atoms with Gasteiger partial charge in [-0.05, 0) is 18.6 Å². The Labute approximate surface area is 96.3 Å². The number of rotatable bonds is 3. The minimum atomic E-state index is -0.227. The molecule has 0 spiro atoms. The third kappa shape index (κ3) is 3.71. The minimum absolute atomic E-state index is 0.227. The standard InChI is InChI=1S/C13H18OS/c1-10-7-5-6-8-11(10)15-9-12(14)13(2,3)4/h5-8H,9H2,1-4H3. The topological polar surface area (TPSA) is 17.1 Å². The van der Waals surface area contributed by atoms with E-state index in [9.17, 15) is 4.79 Å². The van der Waals surface area contributed by atoms with E-state index in [1.54, 1.807) is 11.8 Å². The predicted octanol–water partition coefficient (Wildman–Crippen LogP) is 3.70. The summed E-state index contributed by atoms with van der Waals surface area (Å²) in [5, 5.41) is 0. The molecule has 0 saturated heterocycles. The molecule has 2 heteroatoms. The van der Waals surface area contributed by atoms with Gasteiger partial charge in [0.15, 0.2) is 0 Å². The van der Waals surface area contributed by atoms with E-state index in [1.807, 2.05) is 32.9 Å². The van der Waals surface area contributed by atoms with Gasteiger partial charge < -0.3 is 0 Å². The van der Waals surface area contributed by atoms with Crippen LogP contribution in [0.5, 0.6) is 0 Å². The van der Waals surface area contributed by atoms with Crippen molar-refractivity contribution in [2.24, 2.45) is 5.41 Å². The largest absolute Gasteiger partial charge is 0.298 e. The summed E-state index contributed by atoms with van der Waals surface area (Å²) in [6, 6.07) is 8.17. The first-order valence-electron chi connectivity index (χ1n) is 5.13. The number of hydrogen-bond acceptors (Lipinski definition) is 2. The van der Waals surface area contributed by atoms with Crippen molar-refractivity contribution < 1.29 is 4.79 Å². The molecule has 0 atom stereocenters. The summed E-state index contributed by atoms with van der Waals surface area (Å²) in [6.07, 6.45) is 0. The summed E-state index contributed by atoms with van der Waals surface area (Å²) in [7, 11) is 0. The van der Waals surface area contributed by atoms with Crippen molar-refractivity contribution >= 4 is 17.5 Å². The lowest BCUT2D eigenvalue weighted by atomic mass is 9.92. The highest BCUT2D eigenvalue weighted by molar-refractivity contribution is 8.00. The predicted molar refractivity (Wildman–Crippen MR) is 66.4 cm³/mol. The zero-order chi connectivity index (χ0) is 11.5. The van der Waals surface area contributed by atoms with E-state index in [1.165, 1.54) is 10.5 Å². The normalized spacial score (nSPS) is 11.5. The van der Waals surface area contributed by atoms with Crippen LogP contribution in [0.3, 0.4) is 0 Å². The van der Waals surface area contributed by atoms with Crippen LogP contribution in [0.4, 0.5) is 0 Å². The van der Waals surface area contributed by atoms with Crippen molar-refractivity contribution in [3.8, 4) is 0 Å². The highest BCUT2D eigenvalue weighted by atomic mass is 32.2. The number of benzene rings is 1. The van der Waals surface area contributed by atoms with Crippen LogP contribution in [0.1, 0.15) is 26.3 Å². The molecule has 0 heterocycles. The maximum atomic E-state index is 11.7. The number of aryl methyl sites for hydroxylation is 1. The molecule has 1 nitrogen and oxygen atoms in total. The van der Waals surface area contributed by atoms with Gasteiger partial charge in [-0.15, -0.1) is 11.8 Å². The van der Waals surface area contributed by atoms with E-state index >= 15 is 0 Å². The molecule has 0 radical (unpaired) electrons. The summed E-state index contributed by atoms with van der Waals surface area (Å²) in [5.41, 5.74) is 1.01. The van der Waals surface area contributed by atoms with Gasteiger partial charge in [-0.2, -0.15) is 0 Å². The fraction of sp³-hybridized carbons (Fsp3) is 0.462. The fourth-order valence-electron chi connectivity index (χ4n) is 1.08. The Kier molecular flexibility index (Phi) is 3.97. The zero-order valence-electron chi connectivity index (χ0n) is 9.83.